The van der Waals surface area contributed by atoms with Crippen LogP contribution >= 0.6 is 0 Å². The summed E-state index contributed by atoms with van der Waals surface area (Å²) in [4.78, 5) is 18.6. The minimum Gasteiger partial charge on any atom is -0.495 e. The number of urea groups is 1. The number of rotatable bonds is 5. The van der Waals surface area contributed by atoms with E-state index in [9.17, 15) is 4.79 Å². The molecule has 2 amide bonds. The summed E-state index contributed by atoms with van der Waals surface area (Å²) in [6.07, 6.45) is 3.59. The molecular formula is C20H25N3O3. The lowest BCUT2D eigenvalue weighted by Gasteiger charge is -2.32. The average molecular weight is 355 g/mol. The van der Waals surface area contributed by atoms with Gasteiger partial charge in [0.15, 0.2) is 0 Å². The van der Waals surface area contributed by atoms with Crippen LogP contribution in [0.1, 0.15) is 18.4 Å². The molecule has 0 unspecified atom stereocenters. The van der Waals surface area contributed by atoms with Gasteiger partial charge >= 0.3 is 6.03 Å². The first-order valence-corrected chi connectivity index (χ1v) is 8.90. The highest BCUT2D eigenvalue weighted by Crippen LogP contribution is 2.25. The van der Waals surface area contributed by atoms with Crippen molar-refractivity contribution >= 4 is 11.7 Å². The summed E-state index contributed by atoms with van der Waals surface area (Å²) in [7, 11) is 1.60. The summed E-state index contributed by atoms with van der Waals surface area (Å²) >= 11 is 0. The van der Waals surface area contributed by atoms with Gasteiger partial charge in [-0.05, 0) is 43.9 Å². The third-order valence-corrected chi connectivity index (χ3v) is 4.67. The number of carbonyl (C=O) groups is 1. The zero-order valence-corrected chi connectivity index (χ0v) is 15.3. The van der Waals surface area contributed by atoms with Crippen LogP contribution < -0.4 is 14.8 Å². The fourth-order valence-electron chi connectivity index (χ4n) is 3.06. The maximum Gasteiger partial charge on any atom is 0.321 e. The minimum absolute atomic E-state index is 0.0885. The number of nitrogens with one attached hydrogen (secondary N) is 1. The molecule has 2 aromatic rings. The number of anilines is 1. The van der Waals surface area contributed by atoms with Crippen LogP contribution in [0.2, 0.25) is 0 Å². The highest BCUT2D eigenvalue weighted by molar-refractivity contribution is 5.91. The van der Waals surface area contributed by atoms with Crippen molar-refractivity contribution in [3.05, 3.63) is 48.2 Å². The summed E-state index contributed by atoms with van der Waals surface area (Å²) in [5.41, 5.74) is 1.73. The summed E-state index contributed by atoms with van der Waals surface area (Å²) in [6.45, 7) is 4.07. The van der Waals surface area contributed by atoms with Gasteiger partial charge in [-0.3, -0.25) is 0 Å². The van der Waals surface area contributed by atoms with Gasteiger partial charge in [0.1, 0.15) is 5.75 Å². The van der Waals surface area contributed by atoms with Crippen molar-refractivity contribution in [1.82, 2.24) is 9.88 Å². The molecule has 26 heavy (non-hydrogen) atoms. The molecule has 2 heterocycles. The molecular weight excluding hydrogens is 330 g/mol. The van der Waals surface area contributed by atoms with E-state index in [1.54, 1.807) is 13.3 Å². The number of aryl methyl sites for hydroxylation is 1. The number of para-hydroxylation sites is 2. The van der Waals surface area contributed by atoms with Gasteiger partial charge in [0.2, 0.25) is 5.88 Å². The summed E-state index contributed by atoms with van der Waals surface area (Å²) in [6, 6.07) is 11.2. The zero-order chi connectivity index (χ0) is 18.4. The number of ether oxygens (including phenoxy) is 2. The van der Waals surface area contributed by atoms with Gasteiger partial charge in [-0.1, -0.05) is 18.2 Å². The standard InChI is InChI=1S/C20H25N3O3/c1-15-6-5-11-21-19(15)26-14-16-9-12-23(13-10-16)20(24)22-17-7-3-4-8-18(17)25-2/h3-8,11,16H,9-10,12-14H2,1-2H3,(H,22,24). The summed E-state index contributed by atoms with van der Waals surface area (Å²) < 4.78 is 11.1. The Morgan fingerprint density at radius 2 is 2.00 bits per heavy atom. The third-order valence-electron chi connectivity index (χ3n) is 4.67. The van der Waals surface area contributed by atoms with Gasteiger partial charge in [-0.2, -0.15) is 0 Å². The Kier molecular flexibility index (Phi) is 5.94. The molecule has 0 saturated carbocycles. The number of nitrogens with zero attached hydrogens (tertiary/aromatic N) is 2. The number of hydrogen-bond acceptors (Lipinski definition) is 4. The summed E-state index contributed by atoms with van der Waals surface area (Å²) in [5, 5.41) is 2.93. The molecule has 1 aliphatic heterocycles. The van der Waals surface area contributed by atoms with Crippen LogP contribution in [0.15, 0.2) is 42.6 Å². The minimum atomic E-state index is -0.0885. The number of pyridine rings is 1. The molecule has 0 aliphatic carbocycles. The first kappa shape index (κ1) is 18.0. The van der Waals surface area contributed by atoms with Crippen LogP contribution in [0.25, 0.3) is 0 Å². The van der Waals surface area contributed by atoms with Crippen molar-refractivity contribution in [2.75, 3.05) is 32.1 Å². The van der Waals surface area contributed by atoms with E-state index in [1.807, 2.05) is 48.2 Å². The highest BCUT2D eigenvalue weighted by atomic mass is 16.5. The van der Waals surface area contributed by atoms with Gasteiger partial charge in [0, 0.05) is 24.8 Å². The lowest BCUT2D eigenvalue weighted by atomic mass is 9.98. The van der Waals surface area contributed by atoms with Crippen molar-refractivity contribution in [2.45, 2.75) is 19.8 Å². The fraction of sp³-hybridized carbons (Fsp3) is 0.400. The topological polar surface area (TPSA) is 63.7 Å². The molecule has 0 atom stereocenters. The molecule has 1 N–H and O–H groups in total. The van der Waals surface area contributed by atoms with Crippen LogP contribution in [-0.4, -0.2) is 42.7 Å². The normalized spacial score (nSPS) is 14.8. The van der Waals surface area contributed by atoms with E-state index in [2.05, 4.69) is 10.3 Å². The SMILES string of the molecule is COc1ccccc1NC(=O)N1CCC(COc2ncccc2C)CC1. The Morgan fingerprint density at radius 3 is 2.73 bits per heavy atom. The number of amides is 2. The zero-order valence-electron chi connectivity index (χ0n) is 15.3. The molecule has 1 aromatic carbocycles. The monoisotopic (exact) mass is 355 g/mol. The number of carbonyl (C=O) groups excluding carboxylic acids is 1. The molecule has 1 aliphatic rings. The lowest BCUT2D eigenvalue weighted by Crippen LogP contribution is -2.42. The number of hydrogen-bond donors (Lipinski definition) is 1. The second kappa shape index (κ2) is 8.56. The number of piperidine rings is 1. The quantitative estimate of drug-likeness (QED) is 0.888. The van der Waals surface area contributed by atoms with Crippen LogP contribution in [0, 0.1) is 12.8 Å². The fourth-order valence-corrected chi connectivity index (χ4v) is 3.06. The average Bonchev–Trinajstić information content (AvgIpc) is 2.68. The maximum atomic E-state index is 12.5. The Morgan fingerprint density at radius 1 is 1.23 bits per heavy atom. The number of likely N-dealkylation sites (tertiary alicyclic amines) is 1. The van der Waals surface area contributed by atoms with Crippen LogP contribution in [-0.2, 0) is 0 Å². The molecule has 0 spiro atoms. The molecule has 6 nitrogen and oxygen atoms in total. The number of aromatic nitrogens is 1. The van der Waals surface area contributed by atoms with E-state index in [1.165, 1.54) is 0 Å². The Balaban J connectivity index is 1.47. The number of benzene rings is 1. The Labute approximate surface area is 154 Å². The first-order valence-electron chi connectivity index (χ1n) is 8.90. The van der Waals surface area contributed by atoms with Crippen LogP contribution in [0.4, 0.5) is 10.5 Å². The largest absolute Gasteiger partial charge is 0.495 e. The molecule has 3 rings (SSSR count). The van der Waals surface area contributed by atoms with Crippen molar-refractivity contribution < 1.29 is 14.3 Å². The molecule has 0 radical (unpaired) electrons. The van der Waals surface area contributed by atoms with E-state index < -0.39 is 0 Å². The van der Waals surface area contributed by atoms with Crippen molar-refractivity contribution in [3.63, 3.8) is 0 Å². The second-order valence-electron chi connectivity index (χ2n) is 6.50. The smallest absolute Gasteiger partial charge is 0.321 e. The maximum absolute atomic E-state index is 12.5. The van der Waals surface area contributed by atoms with Gasteiger partial charge in [0.25, 0.3) is 0 Å². The van der Waals surface area contributed by atoms with E-state index in [-0.39, 0.29) is 6.03 Å². The molecule has 1 aromatic heterocycles. The Bertz CT molecular complexity index is 743. The second-order valence-corrected chi connectivity index (χ2v) is 6.50. The predicted octanol–water partition coefficient (Wildman–Crippen LogP) is 3.72. The van der Waals surface area contributed by atoms with Gasteiger partial charge < -0.3 is 19.7 Å². The van der Waals surface area contributed by atoms with E-state index in [0.29, 0.717) is 29.8 Å². The highest BCUT2D eigenvalue weighted by Gasteiger charge is 2.24. The van der Waals surface area contributed by atoms with Crippen molar-refractivity contribution in [2.24, 2.45) is 5.92 Å². The first-order chi connectivity index (χ1) is 12.7. The van der Waals surface area contributed by atoms with Crippen LogP contribution in [0.5, 0.6) is 11.6 Å². The number of methoxy groups -OCH3 is 1. The molecule has 0 bridgehead atoms. The van der Waals surface area contributed by atoms with Crippen molar-refractivity contribution in [3.8, 4) is 11.6 Å². The van der Waals surface area contributed by atoms with Gasteiger partial charge in [0.05, 0.1) is 19.4 Å². The lowest BCUT2D eigenvalue weighted by molar-refractivity contribution is 0.150. The van der Waals surface area contributed by atoms with E-state index in [0.717, 1.165) is 31.5 Å². The Hall–Kier alpha value is -2.76. The third kappa shape index (κ3) is 4.45. The summed E-state index contributed by atoms with van der Waals surface area (Å²) in [5.74, 6) is 1.80. The van der Waals surface area contributed by atoms with Crippen molar-refractivity contribution in [1.29, 1.82) is 0 Å². The predicted molar refractivity (Wildman–Crippen MR) is 101 cm³/mol. The van der Waals surface area contributed by atoms with E-state index >= 15 is 0 Å². The van der Waals surface area contributed by atoms with Crippen LogP contribution in [0.3, 0.4) is 0 Å². The van der Waals surface area contributed by atoms with Gasteiger partial charge in [-0.15, -0.1) is 0 Å². The van der Waals surface area contributed by atoms with E-state index in [4.69, 9.17) is 9.47 Å². The van der Waals surface area contributed by atoms with Gasteiger partial charge in [-0.25, -0.2) is 9.78 Å². The molecule has 6 heteroatoms. The molecule has 1 saturated heterocycles. The molecule has 138 valence electrons. The molecule has 1 fully saturated rings.